The molecule has 1 aliphatic heterocycles. The fourth-order valence-corrected chi connectivity index (χ4v) is 8.91. The molecule has 1 fully saturated rings. The molecular weight excluding hydrogens is 887 g/mol. The lowest BCUT2D eigenvalue weighted by Crippen LogP contribution is -2.60. The lowest BCUT2D eigenvalue weighted by molar-refractivity contribution is -0.302. The fourth-order valence-electron chi connectivity index (χ4n) is 8.91. The molecule has 1 aliphatic rings. The zero-order valence-electron chi connectivity index (χ0n) is 45.5. The van der Waals surface area contributed by atoms with E-state index in [1.807, 2.05) is 0 Å². The quantitative estimate of drug-likeness (QED) is 0.0261. The van der Waals surface area contributed by atoms with Crippen molar-refractivity contribution < 1.29 is 39.8 Å². The predicted octanol–water partition coefficient (Wildman–Crippen LogP) is 14.6. The van der Waals surface area contributed by atoms with Crippen LogP contribution in [0.25, 0.3) is 0 Å². The van der Waals surface area contributed by atoms with Gasteiger partial charge in [0.15, 0.2) is 6.29 Å². The summed E-state index contributed by atoms with van der Waals surface area (Å²) >= 11 is 0. The van der Waals surface area contributed by atoms with E-state index >= 15 is 0 Å². The molecule has 9 heteroatoms. The molecule has 1 amide bonds. The number of rotatable bonds is 49. The second kappa shape index (κ2) is 50.9. The molecule has 7 unspecified atom stereocenters. The van der Waals surface area contributed by atoms with Crippen molar-refractivity contribution in [1.82, 2.24) is 5.32 Å². The summed E-state index contributed by atoms with van der Waals surface area (Å²) < 4.78 is 11.3. The molecule has 0 aliphatic carbocycles. The number of aliphatic hydroxyl groups excluding tert-OH is 5. The summed E-state index contributed by atoms with van der Waals surface area (Å²) in [7, 11) is 0. The van der Waals surface area contributed by atoms with Gasteiger partial charge in [0.2, 0.25) is 5.91 Å². The molecule has 1 rings (SSSR count). The average Bonchev–Trinajstić information content (AvgIpc) is 3.37. The third-order valence-corrected chi connectivity index (χ3v) is 13.5. The van der Waals surface area contributed by atoms with Crippen molar-refractivity contribution in [2.45, 2.75) is 288 Å². The van der Waals surface area contributed by atoms with E-state index in [2.05, 4.69) is 104 Å². The average molecular weight is 997 g/mol. The van der Waals surface area contributed by atoms with Crippen LogP contribution in [-0.2, 0) is 14.3 Å². The number of unbranched alkanes of at least 4 members (excludes halogenated alkanes) is 25. The highest BCUT2D eigenvalue weighted by molar-refractivity contribution is 5.76. The van der Waals surface area contributed by atoms with Crippen LogP contribution in [0, 0.1) is 0 Å². The summed E-state index contributed by atoms with van der Waals surface area (Å²) in [5.41, 5.74) is 0. The van der Waals surface area contributed by atoms with Crippen LogP contribution in [0.4, 0.5) is 0 Å². The van der Waals surface area contributed by atoms with Gasteiger partial charge in [-0.2, -0.15) is 0 Å². The van der Waals surface area contributed by atoms with Gasteiger partial charge in [-0.25, -0.2) is 0 Å². The Bertz CT molecular complexity index is 1390. The van der Waals surface area contributed by atoms with Crippen molar-refractivity contribution in [3.8, 4) is 0 Å². The summed E-state index contributed by atoms with van der Waals surface area (Å²) in [5.74, 6) is -0.164. The summed E-state index contributed by atoms with van der Waals surface area (Å²) in [4.78, 5) is 13.1. The maximum atomic E-state index is 13.1. The van der Waals surface area contributed by atoms with E-state index in [1.165, 1.54) is 116 Å². The number of aliphatic hydroxyl groups is 5. The van der Waals surface area contributed by atoms with Gasteiger partial charge < -0.3 is 40.3 Å². The maximum Gasteiger partial charge on any atom is 0.220 e. The van der Waals surface area contributed by atoms with Gasteiger partial charge >= 0.3 is 0 Å². The normalized spacial score (nSPS) is 19.9. The summed E-state index contributed by atoms with van der Waals surface area (Å²) in [6, 6.07) is -0.736. The summed E-state index contributed by atoms with van der Waals surface area (Å²) in [6.07, 6.45) is 64.6. The predicted molar refractivity (Wildman–Crippen MR) is 299 cm³/mol. The van der Waals surface area contributed by atoms with Gasteiger partial charge in [-0.05, 0) is 70.6 Å². The second-order valence-corrected chi connectivity index (χ2v) is 20.1. The lowest BCUT2D eigenvalue weighted by atomic mass is 9.99. The van der Waals surface area contributed by atoms with Crippen LogP contribution < -0.4 is 5.32 Å². The van der Waals surface area contributed by atoms with Gasteiger partial charge in [0.1, 0.15) is 24.4 Å². The third kappa shape index (κ3) is 40.4. The van der Waals surface area contributed by atoms with Crippen molar-refractivity contribution in [3.05, 3.63) is 85.1 Å². The minimum absolute atomic E-state index is 0.150. The van der Waals surface area contributed by atoms with E-state index in [-0.39, 0.29) is 12.5 Å². The number of allylic oxidation sites excluding steroid dienone is 14. The van der Waals surface area contributed by atoms with E-state index in [0.29, 0.717) is 12.8 Å². The van der Waals surface area contributed by atoms with Gasteiger partial charge in [0.05, 0.1) is 25.4 Å². The summed E-state index contributed by atoms with van der Waals surface area (Å²) in [5, 5.41) is 54.7. The molecule has 1 saturated heterocycles. The van der Waals surface area contributed by atoms with E-state index in [9.17, 15) is 30.3 Å². The van der Waals surface area contributed by atoms with Crippen molar-refractivity contribution in [2.24, 2.45) is 0 Å². The number of hydrogen-bond donors (Lipinski definition) is 6. The molecule has 71 heavy (non-hydrogen) atoms. The molecule has 9 nitrogen and oxygen atoms in total. The van der Waals surface area contributed by atoms with Crippen LogP contribution in [0.3, 0.4) is 0 Å². The van der Waals surface area contributed by atoms with Gasteiger partial charge in [0.25, 0.3) is 0 Å². The fraction of sp³-hybridized carbons (Fsp3) is 0.758. The van der Waals surface area contributed by atoms with E-state index < -0.39 is 49.5 Å². The molecule has 7 atom stereocenters. The first kappa shape index (κ1) is 66.4. The van der Waals surface area contributed by atoms with Gasteiger partial charge in [-0.15, -0.1) is 0 Å². The highest BCUT2D eigenvalue weighted by Gasteiger charge is 2.44. The molecule has 6 N–H and O–H groups in total. The molecule has 410 valence electrons. The highest BCUT2D eigenvalue weighted by atomic mass is 16.7. The second-order valence-electron chi connectivity index (χ2n) is 20.1. The number of carbonyl (C=O) groups excluding carboxylic acids is 1. The van der Waals surface area contributed by atoms with Crippen LogP contribution in [0.5, 0.6) is 0 Å². The molecule has 0 bridgehead atoms. The van der Waals surface area contributed by atoms with Crippen molar-refractivity contribution in [1.29, 1.82) is 0 Å². The van der Waals surface area contributed by atoms with Crippen LogP contribution in [-0.4, -0.2) is 87.5 Å². The SMILES string of the molecule is CC/C=C\C/C=C\C/C=C\C/C=C\C/C=C\C/C=C\C/C=C\CCCCCCCC(=O)NC(COC1OC(CO)C(O)C(O)C1O)C(O)CCCCCCCCCCCCCCCCCCCCCCC. The highest BCUT2D eigenvalue weighted by Crippen LogP contribution is 2.23. The van der Waals surface area contributed by atoms with Gasteiger partial charge in [0, 0.05) is 6.42 Å². The lowest BCUT2D eigenvalue weighted by Gasteiger charge is -2.40. The Morgan fingerprint density at radius 3 is 1.30 bits per heavy atom. The molecule has 0 aromatic rings. The van der Waals surface area contributed by atoms with E-state index in [4.69, 9.17) is 9.47 Å². The largest absolute Gasteiger partial charge is 0.394 e. The number of nitrogens with one attached hydrogen (secondary N) is 1. The molecule has 0 aromatic heterocycles. The topological polar surface area (TPSA) is 149 Å². The minimum Gasteiger partial charge on any atom is -0.394 e. The number of amides is 1. The Morgan fingerprint density at radius 2 is 0.873 bits per heavy atom. The minimum atomic E-state index is -1.56. The molecule has 0 spiro atoms. The Morgan fingerprint density at radius 1 is 0.493 bits per heavy atom. The van der Waals surface area contributed by atoms with Gasteiger partial charge in [-0.3, -0.25) is 4.79 Å². The first-order chi connectivity index (χ1) is 34.8. The van der Waals surface area contributed by atoms with Crippen LogP contribution in [0.1, 0.15) is 245 Å². The first-order valence-electron chi connectivity index (χ1n) is 29.3. The first-order valence-corrected chi connectivity index (χ1v) is 29.3. The van der Waals surface area contributed by atoms with Crippen molar-refractivity contribution >= 4 is 5.91 Å². The number of carbonyl (C=O) groups is 1. The maximum absolute atomic E-state index is 13.1. The standard InChI is InChI=1S/C62H109NO8/c1-3-5-7-9-11-13-15-17-19-21-23-25-26-27-28-29-30-32-34-36-38-40-42-44-46-48-50-52-58(66)63-55(54-70-62-61(69)60(68)59(67)57(53-64)71-62)56(65)51-49-47-45-43-41-39-37-35-33-31-24-22-20-18-16-14-12-10-8-6-4-2/h5,7,11,13,17,19,23,25,27-28,30,32,36,38,55-57,59-62,64-65,67-69H,3-4,6,8-10,12,14-16,18,20-22,24,26,29,31,33-35,37,39-54H2,1-2H3,(H,63,66)/b7-5-,13-11-,19-17-,25-23-,28-27-,32-30-,38-36-. The molecule has 0 radical (unpaired) electrons. The van der Waals surface area contributed by atoms with Crippen molar-refractivity contribution in [3.63, 3.8) is 0 Å². The zero-order valence-corrected chi connectivity index (χ0v) is 45.5. The summed E-state index contributed by atoms with van der Waals surface area (Å²) in [6.45, 7) is 3.73. The molecule has 1 heterocycles. The van der Waals surface area contributed by atoms with Crippen molar-refractivity contribution in [2.75, 3.05) is 13.2 Å². The third-order valence-electron chi connectivity index (χ3n) is 13.5. The Labute approximate surface area is 435 Å². The zero-order chi connectivity index (χ0) is 51.5. The smallest absolute Gasteiger partial charge is 0.220 e. The number of ether oxygens (including phenoxy) is 2. The Balaban J connectivity index is 2.24. The van der Waals surface area contributed by atoms with Crippen LogP contribution in [0.2, 0.25) is 0 Å². The van der Waals surface area contributed by atoms with E-state index in [0.717, 1.165) is 103 Å². The molecule has 0 saturated carbocycles. The Kier molecular flexibility index (Phi) is 47.6. The monoisotopic (exact) mass is 996 g/mol. The molecular formula is C62H109NO8. The Hall–Kier alpha value is -2.63. The van der Waals surface area contributed by atoms with Crippen LogP contribution in [0.15, 0.2) is 85.1 Å². The van der Waals surface area contributed by atoms with Crippen LogP contribution >= 0.6 is 0 Å². The number of hydrogen-bond acceptors (Lipinski definition) is 8. The molecule has 0 aromatic carbocycles. The van der Waals surface area contributed by atoms with E-state index in [1.54, 1.807) is 0 Å². The van der Waals surface area contributed by atoms with Gasteiger partial charge in [-0.1, -0.05) is 253 Å².